The van der Waals surface area contributed by atoms with Crippen LogP contribution in [0.1, 0.15) is 53.7 Å². The Kier molecular flexibility index (Phi) is 9.69. The zero-order chi connectivity index (χ0) is 25.3. The largest absolute Gasteiger partial charge is 0.392 e. The average Bonchev–Trinajstić information content (AvgIpc) is 2.82. The van der Waals surface area contributed by atoms with Gasteiger partial charge in [-0.2, -0.15) is 0 Å². The average molecular weight is 485 g/mol. The van der Waals surface area contributed by atoms with E-state index in [-0.39, 0.29) is 41.3 Å². The highest BCUT2D eigenvalue weighted by molar-refractivity contribution is 7.90. The molecule has 0 spiro atoms. The number of amides is 1. The topological polar surface area (TPSA) is 144 Å². The number of aldehydes is 1. The SMILES string of the molecule is CCCC(C)C#Cc1ccc(C(=O)NS(=O)(=O)c2ccccc2CC(N)C(=O)C=O)cc1CO. The van der Waals surface area contributed by atoms with E-state index in [1.165, 1.54) is 30.3 Å². The number of rotatable bonds is 10. The lowest BCUT2D eigenvalue weighted by atomic mass is 10.0. The first kappa shape index (κ1) is 26.9. The summed E-state index contributed by atoms with van der Waals surface area (Å²) in [7, 11) is -4.32. The number of nitrogens with two attached hydrogens (primary N) is 1. The number of nitrogens with one attached hydrogen (secondary N) is 1. The maximum atomic E-state index is 12.9. The van der Waals surface area contributed by atoms with Crippen molar-refractivity contribution in [1.29, 1.82) is 0 Å². The monoisotopic (exact) mass is 484 g/mol. The fourth-order valence-corrected chi connectivity index (χ4v) is 4.52. The Morgan fingerprint density at radius 1 is 1.18 bits per heavy atom. The Balaban J connectivity index is 2.29. The summed E-state index contributed by atoms with van der Waals surface area (Å²) in [5.41, 5.74) is 6.86. The molecule has 9 heteroatoms. The summed E-state index contributed by atoms with van der Waals surface area (Å²) >= 11 is 0. The minimum Gasteiger partial charge on any atom is -0.392 e. The van der Waals surface area contributed by atoms with Gasteiger partial charge in [0.15, 0.2) is 6.29 Å². The molecule has 0 aliphatic carbocycles. The predicted molar refractivity (Wildman–Crippen MR) is 127 cm³/mol. The molecule has 1 amide bonds. The lowest BCUT2D eigenvalue weighted by molar-refractivity contribution is -0.130. The number of hydrogen-bond acceptors (Lipinski definition) is 7. The molecule has 0 aliphatic heterocycles. The smallest absolute Gasteiger partial charge is 0.265 e. The van der Waals surface area contributed by atoms with E-state index in [1.807, 2.05) is 11.6 Å². The molecule has 0 bridgehead atoms. The van der Waals surface area contributed by atoms with Crippen LogP contribution in [-0.4, -0.2) is 37.5 Å². The molecule has 0 radical (unpaired) electrons. The second-order valence-corrected chi connectivity index (χ2v) is 9.51. The predicted octanol–water partition coefficient (Wildman–Crippen LogP) is 1.72. The van der Waals surface area contributed by atoms with Crippen molar-refractivity contribution in [3.05, 3.63) is 64.7 Å². The summed E-state index contributed by atoms with van der Waals surface area (Å²) in [5.74, 6) is 4.53. The van der Waals surface area contributed by atoms with Crippen molar-refractivity contribution >= 4 is 28.0 Å². The van der Waals surface area contributed by atoms with Gasteiger partial charge >= 0.3 is 0 Å². The van der Waals surface area contributed by atoms with Crippen molar-refractivity contribution in [3.63, 3.8) is 0 Å². The van der Waals surface area contributed by atoms with E-state index in [0.717, 1.165) is 12.8 Å². The van der Waals surface area contributed by atoms with Crippen LogP contribution in [0.5, 0.6) is 0 Å². The lowest BCUT2D eigenvalue weighted by Crippen LogP contribution is -2.35. The van der Waals surface area contributed by atoms with E-state index in [9.17, 15) is 27.9 Å². The molecular formula is C25H28N2O6S. The van der Waals surface area contributed by atoms with E-state index in [2.05, 4.69) is 18.8 Å². The number of Topliss-reactive ketones (excluding diaryl/α,β-unsaturated/α-hetero) is 1. The molecule has 2 aromatic rings. The number of ketones is 1. The van der Waals surface area contributed by atoms with Gasteiger partial charge in [0.1, 0.15) is 0 Å². The van der Waals surface area contributed by atoms with Crippen molar-refractivity contribution in [2.24, 2.45) is 11.7 Å². The molecule has 2 unspecified atom stereocenters. The summed E-state index contributed by atoms with van der Waals surface area (Å²) in [6.07, 6.45) is 1.83. The highest BCUT2D eigenvalue weighted by Gasteiger charge is 2.24. The number of carbonyl (C=O) groups excluding carboxylic acids is 3. The van der Waals surface area contributed by atoms with E-state index in [0.29, 0.717) is 11.1 Å². The van der Waals surface area contributed by atoms with E-state index < -0.39 is 27.8 Å². The number of benzene rings is 2. The van der Waals surface area contributed by atoms with Gasteiger partial charge in [-0.1, -0.05) is 50.3 Å². The van der Waals surface area contributed by atoms with Gasteiger partial charge in [-0.3, -0.25) is 14.4 Å². The first-order chi connectivity index (χ1) is 16.1. The molecule has 2 atom stereocenters. The maximum Gasteiger partial charge on any atom is 0.265 e. The standard InChI is InChI=1S/C25H28N2O6S/c1-3-6-17(2)9-10-18-11-12-20(13-21(18)15-28)25(31)27-34(32,33)24-8-5-4-7-19(24)14-22(26)23(30)16-29/h4-5,7-8,11-13,16-17,22,28H,3,6,14-15,26H2,1-2H3,(H,27,31). The zero-order valence-corrected chi connectivity index (χ0v) is 19.9. The van der Waals surface area contributed by atoms with Crippen molar-refractivity contribution < 1.29 is 27.9 Å². The molecule has 0 aromatic heterocycles. The van der Waals surface area contributed by atoms with E-state index in [4.69, 9.17) is 5.73 Å². The fraction of sp³-hybridized carbons (Fsp3) is 0.320. The molecule has 0 saturated heterocycles. The van der Waals surface area contributed by atoms with Crippen LogP contribution in [0.3, 0.4) is 0 Å². The van der Waals surface area contributed by atoms with Crippen molar-refractivity contribution in [2.45, 2.75) is 50.7 Å². The normalized spacial score (nSPS) is 12.7. The third kappa shape index (κ3) is 7.09. The Morgan fingerprint density at radius 3 is 2.53 bits per heavy atom. The first-order valence-electron chi connectivity index (χ1n) is 10.8. The van der Waals surface area contributed by atoms with Crippen LogP contribution in [0.4, 0.5) is 0 Å². The van der Waals surface area contributed by atoms with E-state index >= 15 is 0 Å². The third-order valence-corrected chi connectivity index (χ3v) is 6.55. The molecule has 0 saturated carbocycles. The molecule has 0 aliphatic rings. The molecule has 0 heterocycles. The Morgan fingerprint density at radius 2 is 1.88 bits per heavy atom. The van der Waals surface area contributed by atoms with Crippen LogP contribution in [0.15, 0.2) is 47.4 Å². The molecule has 2 rings (SSSR count). The second-order valence-electron chi connectivity index (χ2n) is 7.86. The van der Waals surface area contributed by atoms with Crippen LogP contribution in [0.25, 0.3) is 0 Å². The van der Waals surface area contributed by atoms with Crippen LogP contribution in [-0.2, 0) is 32.6 Å². The highest BCUT2D eigenvalue weighted by Crippen LogP contribution is 2.18. The molecule has 4 N–H and O–H groups in total. The number of hydrogen-bond donors (Lipinski definition) is 3. The Hall–Kier alpha value is -3.32. The summed E-state index contributed by atoms with van der Waals surface area (Å²) < 4.78 is 27.8. The van der Waals surface area contributed by atoms with Crippen molar-refractivity contribution in [3.8, 4) is 11.8 Å². The Labute approximate surface area is 199 Å². The van der Waals surface area contributed by atoms with Crippen LogP contribution in [0, 0.1) is 17.8 Å². The van der Waals surface area contributed by atoms with Crippen LogP contribution >= 0.6 is 0 Å². The molecule has 8 nitrogen and oxygen atoms in total. The molecule has 2 aromatic carbocycles. The molecule has 180 valence electrons. The minimum atomic E-state index is -4.32. The maximum absolute atomic E-state index is 12.9. The van der Waals surface area contributed by atoms with Gasteiger partial charge in [0.2, 0.25) is 5.78 Å². The van der Waals surface area contributed by atoms with Crippen LogP contribution < -0.4 is 10.5 Å². The summed E-state index contributed by atoms with van der Waals surface area (Å²) in [4.78, 5) is 34.7. The zero-order valence-electron chi connectivity index (χ0n) is 19.1. The Bertz CT molecular complexity index is 1230. The molecule has 34 heavy (non-hydrogen) atoms. The number of sulfonamides is 1. The van der Waals surface area contributed by atoms with Gasteiger partial charge in [-0.05, 0) is 48.2 Å². The van der Waals surface area contributed by atoms with Gasteiger partial charge in [0.25, 0.3) is 15.9 Å². The number of aliphatic hydroxyl groups is 1. The summed E-state index contributed by atoms with van der Waals surface area (Å²) in [6, 6.07) is 8.94. The van der Waals surface area contributed by atoms with Gasteiger partial charge in [0, 0.05) is 17.0 Å². The quantitative estimate of drug-likeness (QED) is 0.265. The molecular weight excluding hydrogens is 456 g/mol. The molecule has 0 fully saturated rings. The third-order valence-electron chi connectivity index (χ3n) is 5.12. The van der Waals surface area contributed by atoms with Gasteiger partial charge < -0.3 is 10.8 Å². The van der Waals surface area contributed by atoms with Crippen LogP contribution in [0.2, 0.25) is 0 Å². The fourth-order valence-electron chi connectivity index (χ4n) is 3.29. The van der Waals surface area contributed by atoms with Gasteiger partial charge in [-0.25, -0.2) is 13.1 Å². The van der Waals surface area contributed by atoms with Gasteiger partial charge in [-0.15, -0.1) is 0 Å². The van der Waals surface area contributed by atoms with E-state index in [1.54, 1.807) is 12.1 Å². The minimum absolute atomic E-state index is 0.0325. The van der Waals surface area contributed by atoms with Gasteiger partial charge in [0.05, 0.1) is 17.5 Å². The van der Waals surface area contributed by atoms with Crippen molar-refractivity contribution in [2.75, 3.05) is 0 Å². The summed E-state index contributed by atoms with van der Waals surface area (Å²) in [6.45, 7) is 3.70. The number of carbonyl (C=O) groups is 3. The number of aliphatic hydroxyl groups excluding tert-OH is 1. The second kappa shape index (κ2) is 12.2. The highest BCUT2D eigenvalue weighted by atomic mass is 32.2. The first-order valence-corrected chi connectivity index (χ1v) is 12.3. The lowest BCUT2D eigenvalue weighted by Gasteiger charge is -2.14. The van der Waals surface area contributed by atoms with Crippen molar-refractivity contribution in [1.82, 2.24) is 4.72 Å². The summed E-state index contributed by atoms with van der Waals surface area (Å²) in [5, 5.41) is 9.71.